The summed E-state index contributed by atoms with van der Waals surface area (Å²) in [5.41, 5.74) is 0.179. The Morgan fingerprint density at radius 1 is 1.19 bits per heavy atom. The van der Waals surface area contributed by atoms with Gasteiger partial charge in [0.15, 0.2) is 22.4 Å². The van der Waals surface area contributed by atoms with Crippen molar-refractivity contribution in [3.8, 4) is 18.0 Å². The molecule has 0 aliphatic rings. The van der Waals surface area contributed by atoms with E-state index in [1.54, 1.807) is 6.07 Å². The Kier molecular flexibility index (Phi) is 2.50. The minimum absolute atomic E-state index is 0.0549. The van der Waals surface area contributed by atoms with E-state index in [0.717, 1.165) is 0 Å². The maximum Gasteiger partial charge on any atom is 0.177 e. The molecule has 0 aliphatic heterocycles. The standard InChI is InChI=1S/C9H3ClN6/c10-8-1-2-9(15-14-8)16-5-13-6(3-11)7(16)4-12/h1-2,5H. The summed E-state index contributed by atoms with van der Waals surface area (Å²) in [6, 6.07) is 6.83. The predicted octanol–water partition coefficient (Wildman–Crippen LogP) is 1.06. The average molecular weight is 231 g/mol. The van der Waals surface area contributed by atoms with Gasteiger partial charge in [0.1, 0.15) is 18.5 Å². The summed E-state index contributed by atoms with van der Waals surface area (Å²) in [5.74, 6) is 0.384. The summed E-state index contributed by atoms with van der Waals surface area (Å²) in [4.78, 5) is 3.78. The van der Waals surface area contributed by atoms with Crippen molar-refractivity contribution >= 4 is 11.6 Å². The van der Waals surface area contributed by atoms with Gasteiger partial charge in [-0.2, -0.15) is 10.5 Å². The van der Waals surface area contributed by atoms with Crippen molar-refractivity contribution in [2.75, 3.05) is 0 Å². The van der Waals surface area contributed by atoms with Gasteiger partial charge in [0.2, 0.25) is 0 Å². The van der Waals surface area contributed by atoms with Crippen molar-refractivity contribution < 1.29 is 0 Å². The molecule has 76 valence electrons. The van der Waals surface area contributed by atoms with Gasteiger partial charge in [0, 0.05) is 0 Å². The van der Waals surface area contributed by atoms with Crippen LogP contribution in [-0.2, 0) is 0 Å². The van der Waals surface area contributed by atoms with E-state index in [2.05, 4.69) is 15.2 Å². The molecule has 0 bridgehead atoms. The number of nitriles is 2. The first-order chi connectivity index (χ1) is 7.76. The van der Waals surface area contributed by atoms with Crippen LogP contribution in [0.15, 0.2) is 18.5 Å². The van der Waals surface area contributed by atoms with E-state index in [9.17, 15) is 0 Å². The number of hydrogen-bond donors (Lipinski definition) is 0. The van der Waals surface area contributed by atoms with Gasteiger partial charge in [0.05, 0.1) is 0 Å². The molecule has 0 N–H and O–H groups in total. The van der Waals surface area contributed by atoms with Crippen LogP contribution in [0.3, 0.4) is 0 Å². The van der Waals surface area contributed by atoms with E-state index in [0.29, 0.717) is 5.82 Å². The largest absolute Gasteiger partial charge is 0.271 e. The van der Waals surface area contributed by atoms with E-state index in [1.807, 2.05) is 12.1 Å². The van der Waals surface area contributed by atoms with Gasteiger partial charge in [-0.3, -0.25) is 4.57 Å². The zero-order chi connectivity index (χ0) is 11.5. The topological polar surface area (TPSA) is 91.2 Å². The van der Waals surface area contributed by atoms with E-state index >= 15 is 0 Å². The van der Waals surface area contributed by atoms with E-state index in [1.165, 1.54) is 17.0 Å². The van der Waals surface area contributed by atoms with Gasteiger partial charge in [-0.05, 0) is 12.1 Å². The fourth-order valence-electron chi connectivity index (χ4n) is 1.15. The molecule has 0 unspecified atom stereocenters. The maximum absolute atomic E-state index is 8.90. The third-order valence-electron chi connectivity index (χ3n) is 1.84. The number of halogens is 1. The van der Waals surface area contributed by atoms with Crippen molar-refractivity contribution in [2.45, 2.75) is 0 Å². The molecule has 0 saturated heterocycles. The summed E-state index contributed by atoms with van der Waals surface area (Å²) in [6.45, 7) is 0. The van der Waals surface area contributed by atoms with Gasteiger partial charge in [0.25, 0.3) is 0 Å². The number of imidazole rings is 1. The summed E-state index contributed by atoms with van der Waals surface area (Å²) < 4.78 is 1.38. The third-order valence-corrected chi connectivity index (χ3v) is 2.05. The molecule has 2 rings (SSSR count). The number of rotatable bonds is 1. The van der Waals surface area contributed by atoms with Gasteiger partial charge < -0.3 is 0 Å². The van der Waals surface area contributed by atoms with Crippen LogP contribution in [0.25, 0.3) is 5.82 Å². The van der Waals surface area contributed by atoms with Crippen LogP contribution in [-0.4, -0.2) is 19.7 Å². The molecule has 16 heavy (non-hydrogen) atoms. The van der Waals surface area contributed by atoms with Crippen molar-refractivity contribution in [1.82, 2.24) is 19.7 Å². The zero-order valence-corrected chi connectivity index (χ0v) is 8.55. The van der Waals surface area contributed by atoms with Gasteiger partial charge in [-0.15, -0.1) is 10.2 Å². The van der Waals surface area contributed by atoms with E-state index in [4.69, 9.17) is 22.1 Å². The number of nitrogens with zero attached hydrogens (tertiary/aromatic N) is 6. The van der Waals surface area contributed by atoms with Crippen molar-refractivity contribution in [1.29, 1.82) is 10.5 Å². The summed E-state index contributed by atoms with van der Waals surface area (Å²) in [6.07, 6.45) is 1.34. The van der Waals surface area contributed by atoms with Crippen LogP contribution in [0, 0.1) is 22.7 Å². The Bertz CT molecular complexity index is 600. The minimum Gasteiger partial charge on any atom is -0.271 e. The number of hydrogen-bond acceptors (Lipinski definition) is 5. The Labute approximate surface area is 95.4 Å². The smallest absolute Gasteiger partial charge is 0.177 e. The van der Waals surface area contributed by atoms with E-state index < -0.39 is 0 Å². The van der Waals surface area contributed by atoms with Crippen molar-refractivity contribution in [3.05, 3.63) is 35.0 Å². The first-order valence-corrected chi connectivity index (χ1v) is 4.51. The second-order valence-corrected chi connectivity index (χ2v) is 3.14. The molecule has 0 radical (unpaired) electrons. The van der Waals surface area contributed by atoms with Gasteiger partial charge in [-0.1, -0.05) is 11.6 Å². The lowest BCUT2D eigenvalue weighted by molar-refractivity contribution is 0.903. The van der Waals surface area contributed by atoms with Crippen LogP contribution in [0.5, 0.6) is 0 Å². The second-order valence-electron chi connectivity index (χ2n) is 2.75. The predicted molar refractivity (Wildman–Crippen MR) is 53.6 cm³/mol. The average Bonchev–Trinajstić information content (AvgIpc) is 2.72. The molecular formula is C9H3ClN6. The highest BCUT2D eigenvalue weighted by Gasteiger charge is 2.12. The molecule has 6 nitrogen and oxygen atoms in total. The molecule has 0 aromatic carbocycles. The first-order valence-electron chi connectivity index (χ1n) is 4.13. The highest BCUT2D eigenvalue weighted by molar-refractivity contribution is 6.29. The molecular weight excluding hydrogens is 228 g/mol. The minimum atomic E-state index is 0.0549. The highest BCUT2D eigenvalue weighted by Crippen LogP contribution is 2.12. The van der Waals surface area contributed by atoms with Crippen molar-refractivity contribution in [2.24, 2.45) is 0 Å². The molecule has 0 atom stereocenters. The van der Waals surface area contributed by atoms with Crippen molar-refractivity contribution in [3.63, 3.8) is 0 Å². The zero-order valence-electron chi connectivity index (χ0n) is 7.79. The molecule has 0 aliphatic carbocycles. The maximum atomic E-state index is 8.90. The Morgan fingerprint density at radius 3 is 2.56 bits per heavy atom. The molecule has 0 spiro atoms. The molecule has 0 fully saturated rings. The van der Waals surface area contributed by atoms with Crippen LogP contribution in [0.2, 0.25) is 5.15 Å². The molecule has 2 heterocycles. The lowest BCUT2D eigenvalue weighted by Gasteiger charge is -2.00. The lowest BCUT2D eigenvalue weighted by Crippen LogP contribution is -2.00. The molecule has 7 heteroatoms. The first kappa shape index (κ1) is 10.1. The van der Waals surface area contributed by atoms with Crippen LogP contribution in [0.1, 0.15) is 11.4 Å². The van der Waals surface area contributed by atoms with Gasteiger partial charge in [-0.25, -0.2) is 4.98 Å². The SMILES string of the molecule is N#Cc1ncn(-c2ccc(Cl)nn2)c1C#N. The van der Waals surface area contributed by atoms with Crippen LogP contribution >= 0.6 is 11.6 Å². The summed E-state index contributed by atoms with van der Waals surface area (Å²) >= 11 is 5.59. The quantitative estimate of drug-likeness (QED) is 0.730. The van der Waals surface area contributed by atoms with Crippen LogP contribution < -0.4 is 0 Å². The number of aromatic nitrogens is 4. The van der Waals surface area contributed by atoms with Crippen LogP contribution in [0.4, 0.5) is 0 Å². The summed E-state index contributed by atoms with van der Waals surface area (Å²) in [7, 11) is 0. The lowest BCUT2D eigenvalue weighted by atomic mass is 10.3. The molecule has 2 aromatic rings. The van der Waals surface area contributed by atoms with E-state index in [-0.39, 0.29) is 16.5 Å². The summed E-state index contributed by atoms with van der Waals surface area (Å²) in [5, 5.41) is 25.3. The third kappa shape index (κ3) is 1.58. The monoisotopic (exact) mass is 230 g/mol. The molecule has 0 amide bonds. The fraction of sp³-hybridized carbons (Fsp3) is 0. The molecule has 2 aromatic heterocycles. The van der Waals surface area contributed by atoms with Gasteiger partial charge >= 0.3 is 0 Å². The normalized spacial score (nSPS) is 9.44. The highest BCUT2D eigenvalue weighted by atomic mass is 35.5. The fourth-order valence-corrected chi connectivity index (χ4v) is 1.25. The Morgan fingerprint density at radius 2 is 2.00 bits per heavy atom. The second kappa shape index (κ2) is 3.97. The molecule has 0 saturated carbocycles. The Balaban J connectivity index is 2.58. The Hall–Kier alpha value is -2.44.